The normalized spacial score (nSPS) is 9.09. The monoisotopic (exact) mass is 152 g/mol. The number of nitrogens with one attached hydrogen (secondary N) is 1. The van der Waals surface area contributed by atoms with Gasteiger partial charge in [0.25, 0.3) is 0 Å². The Balaban J connectivity index is 2.98. The van der Waals surface area contributed by atoms with Gasteiger partial charge in [0.1, 0.15) is 0 Å². The van der Waals surface area contributed by atoms with E-state index >= 15 is 0 Å². The first-order valence-corrected chi connectivity index (χ1v) is 2.87. The lowest BCUT2D eigenvalue weighted by molar-refractivity contribution is 1.08. The molecule has 0 aliphatic carbocycles. The van der Waals surface area contributed by atoms with Gasteiger partial charge in [-0.25, -0.2) is 0 Å². The minimum atomic E-state index is 0.0850. The molecule has 0 aliphatic rings. The van der Waals surface area contributed by atoms with Gasteiger partial charge in [-0.15, -0.1) is 0 Å². The first kappa shape index (κ1) is 7.26. The maximum absolute atomic E-state index is 5.27. The Bertz CT molecular complexity index is 249. The molecule has 0 radical (unpaired) electrons. The number of anilines is 3. The van der Waals surface area contributed by atoms with Crippen LogP contribution >= 0.6 is 0 Å². The van der Waals surface area contributed by atoms with E-state index in [0.717, 1.165) is 0 Å². The zero-order valence-corrected chi connectivity index (χ0v) is 5.78. The fraction of sp³-hybridized carbons (Fsp3) is 0. The van der Waals surface area contributed by atoms with Crippen LogP contribution in [0.15, 0.2) is 12.8 Å². The number of nitrogen functional groups attached to an aromatic ring is 2. The highest BCUT2D eigenvalue weighted by Crippen LogP contribution is 2.02. The Morgan fingerprint density at radius 3 is 2.18 bits per heavy atom. The van der Waals surface area contributed by atoms with E-state index in [2.05, 4.69) is 26.8 Å². The molecule has 0 amide bonds. The third kappa shape index (κ3) is 1.78. The van der Waals surface area contributed by atoms with Crippen molar-refractivity contribution >= 4 is 17.8 Å². The molecule has 0 saturated heterocycles. The highest BCUT2D eigenvalue weighted by atomic mass is 15.2. The molecule has 0 saturated carbocycles. The molecule has 1 aromatic heterocycles. The maximum atomic E-state index is 5.27. The largest absolute Gasteiger partial charge is 0.368 e. The Morgan fingerprint density at radius 1 is 1.18 bits per heavy atom. The van der Waals surface area contributed by atoms with Crippen LogP contribution in [0, 0.1) is 0 Å². The van der Waals surface area contributed by atoms with E-state index in [4.69, 9.17) is 11.5 Å². The summed E-state index contributed by atoms with van der Waals surface area (Å²) in [4.78, 5) is 11.0. The van der Waals surface area contributed by atoms with Crippen LogP contribution in [0.5, 0.6) is 0 Å². The summed E-state index contributed by atoms with van der Waals surface area (Å²) in [6, 6.07) is 0. The molecule has 0 aliphatic heterocycles. The van der Waals surface area contributed by atoms with Crippen LogP contribution in [0.2, 0.25) is 0 Å². The SMILES string of the molecule is C=CNc1nc(N)nc(N)n1. The van der Waals surface area contributed by atoms with Crippen molar-refractivity contribution < 1.29 is 0 Å². The minimum Gasteiger partial charge on any atom is -0.368 e. The summed E-state index contributed by atoms with van der Waals surface area (Å²) >= 11 is 0. The number of hydrogen-bond donors (Lipinski definition) is 3. The van der Waals surface area contributed by atoms with Crippen LogP contribution in [0.3, 0.4) is 0 Å². The van der Waals surface area contributed by atoms with Gasteiger partial charge in [-0.3, -0.25) is 0 Å². The number of hydrogen-bond acceptors (Lipinski definition) is 6. The van der Waals surface area contributed by atoms with Gasteiger partial charge >= 0.3 is 0 Å². The van der Waals surface area contributed by atoms with Crippen LogP contribution in [-0.2, 0) is 0 Å². The average molecular weight is 152 g/mol. The van der Waals surface area contributed by atoms with E-state index < -0.39 is 0 Å². The molecular formula is C5H8N6. The highest BCUT2D eigenvalue weighted by Gasteiger charge is 1.97. The lowest BCUT2D eigenvalue weighted by atomic mass is 10.8. The van der Waals surface area contributed by atoms with E-state index in [1.165, 1.54) is 6.20 Å². The van der Waals surface area contributed by atoms with Crippen molar-refractivity contribution in [3.63, 3.8) is 0 Å². The van der Waals surface area contributed by atoms with Crippen molar-refractivity contribution in [1.29, 1.82) is 0 Å². The third-order valence-electron chi connectivity index (χ3n) is 0.901. The van der Waals surface area contributed by atoms with E-state index in [1.807, 2.05) is 0 Å². The summed E-state index contributed by atoms with van der Waals surface area (Å²) in [7, 11) is 0. The molecule has 0 unspecified atom stereocenters. The molecular weight excluding hydrogens is 144 g/mol. The van der Waals surface area contributed by atoms with Crippen molar-refractivity contribution in [2.75, 3.05) is 16.8 Å². The van der Waals surface area contributed by atoms with Gasteiger partial charge in [-0.1, -0.05) is 6.58 Å². The van der Waals surface area contributed by atoms with Gasteiger partial charge in [0, 0.05) is 0 Å². The number of rotatable bonds is 2. The summed E-state index contributed by atoms with van der Waals surface area (Å²) in [6.07, 6.45) is 1.42. The van der Waals surface area contributed by atoms with Crippen LogP contribution in [0.25, 0.3) is 0 Å². The van der Waals surface area contributed by atoms with Crippen LogP contribution in [0.1, 0.15) is 0 Å². The predicted molar refractivity (Wildman–Crippen MR) is 42.5 cm³/mol. The summed E-state index contributed by atoms with van der Waals surface area (Å²) < 4.78 is 0. The Labute approximate surface area is 63.4 Å². The molecule has 0 bridgehead atoms. The van der Waals surface area contributed by atoms with Gasteiger partial charge in [-0.05, 0) is 6.20 Å². The van der Waals surface area contributed by atoms with Gasteiger partial charge < -0.3 is 16.8 Å². The second kappa shape index (κ2) is 2.82. The Kier molecular flexibility index (Phi) is 1.86. The van der Waals surface area contributed by atoms with Gasteiger partial charge in [0.05, 0.1) is 0 Å². The van der Waals surface area contributed by atoms with Crippen molar-refractivity contribution in [3.8, 4) is 0 Å². The fourth-order valence-electron chi connectivity index (χ4n) is 0.565. The molecule has 0 spiro atoms. The van der Waals surface area contributed by atoms with Crippen LogP contribution in [0.4, 0.5) is 17.8 Å². The van der Waals surface area contributed by atoms with E-state index in [9.17, 15) is 0 Å². The number of nitrogens with zero attached hydrogens (tertiary/aromatic N) is 3. The molecule has 1 rings (SSSR count). The molecule has 11 heavy (non-hydrogen) atoms. The first-order chi connectivity index (χ1) is 5.22. The minimum absolute atomic E-state index is 0.0850. The summed E-state index contributed by atoms with van der Waals surface area (Å²) in [5, 5.41) is 2.63. The number of aromatic nitrogens is 3. The molecule has 58 valence electrons. The highest BCUT2D eigenvalue weighted by molar-refractivity contribution is 5.38. The van der Waals surface area contributed by atoms with E-state index in [0.29, 0.717) is 5.95 Å². The predicted octanol–water partition coefficient (Wildman–Crippen LogP) is -0.409. The molecule has 0 fully saturated rings. The van der Waals surface area contributed by atoms with Gasteiger partial charge in [0.2, 0.25) is 17.8 Å². The van der Waals surface area contributed by atoms with Crippen LogP contribution in [-0.4, -0.2) is 15.0 Å². The Hall–Kier alpha value is -1.85. The lowest BCUT2D eigenvalue weighted by Gasteiger charge is -1.99. The van der Waals surface area contributed by atoms with Crippen molar-refractivity contribution in [2.24, 2.45) is 0 Å². The molecule has 6 heteroatoms. The fourth-order valence-corrected chi connectivity index (χ4v) is 0.565. The summed E-state index contributed by atoms with van der Waals surface area (Å²) in [5.41, 5.74) is 10.5. The molecule has 0 atom stereocenters. The van der Waals surface area contributed by atoms with E-state index in [1.54, 1.807) is 0 Å². The van der Waals surface area contributed by atoms with Crippen molar-refractivity contribution in [3.05, 3.63) is 12.8 Å². The average Bonchev–Trinajstić information content (AvgIpc) is 1.85. The van der Waals surface area contributed by atoms with Crippen molar-refractivity contribution in [1.82, 2.24) is 15.0 Å². The number of nitrogens with two attached hydrogens (primary N) is 2. The molecule has 5 N–H and O–H groups in total. The summed E-state index contributed by atoms with van der Waals surface area (Å²) in [6.45, 7) is 3.42. The van der Waals surface area contributed by atoms with Gasteiger partial charge in [0.15, 0.2) is 0 Å². The van der Waals surface area contributed by atoms with Gasteiger partial charge in [-0.2, -0.15) is 15.0 Å². The zero-order valence-electron chi connectivity index (χ0n) is 5.78. The second-order valence-corrected chi connectivity index (χ2v) is 1.72. The second-order valence-electron chi connectivity index (χ2n) is 1.72. The summed E-state index contributed by atoms with van der Waals surface area (Å²) in [5.74, 6) is 0.466. The standard InChI is InChI=1S/C5H8N6/c1-2-8-5-10-3(6)9-4(7)11-5/h2H,1H2,(H5,6,7,8,9,10,11). The quantitative estimate of drug-likeness (QED) is 0.532. The smallest absolute Gasteiger partial charge is 0.233 e. The van der Waals surface area contributed by atoms with Crippen LogP contribution < -0.4 is 16.8 Å². The molecule has 6 nitrogen and oxygen atoms in total. The molecule has 0 aromatic carbocycles. The lowest BCUT2D eigenvalue weighted by Crippen LogP contribution is -2.05. The topological polar surface area (TPSA) is 103 Å². The van der Waals surface area contributed by atoms with E-state index in [-0.39, 0.29) is 11.9 Å². The van der Waals surface area contributed by atoms with Crippen molar-refractivity contribution in [2.45, 2.75) is 0 Å². The third-order valence-corrected chi connectivity index (χ3v) is 0.901. The Morgan fingerprint density at radius 2 is 1.73 bits per heavy atom. The maximum Gasteiger partial charge on any atom is 0.233 e. The first-order valence-electron chi connectivity index (χ1n) is 2.87. The molecule has 1 heterocycles. The zero-order chi connectivity index (χ0) is 8.27. The molecule has 1 aromatic rings.